The van der Waals surface area contributed by atoms with Gasteiger partial charge in [0.1, 0.15) is 35.8 Å². The van der Waals surface area contributed by atoms with Crippen molar-refractivity contribution in [3.63, 3.8) is 0 Å². The molecule has 8 heteroatoms. The standard InChI is InChI=1S/C29H27NO7/c1-3-34-29(32)20-8-10-21(11-9-20)37-26-17-35-28-22(27(26)31)12-13-25-23(28)16-30(18-36-25)15-14-19-6-4-5-7-24(19)33-2/h4-13,17H,3,14-16,18H2,1-2H3. The minimum atomic E-state index is -0.414. The maximum atomic E-state index is 13.2. The predicted molar refractivity (Wildman–Crippen MR) is 138 cm³/mol. The van der Waals surface area contributed by atoms with Crippen molar-refractivity contribution in [1.82, 2.24) is 4.90 Å². The molecule has 0 bridgehead atoms. The minimum absolute atomic E-state index is 0.0566. The first-order chi connectivity index (χ1) is 18.1. The molecule has 0 unspecified atom stereocenters. The first kappa shape index (κ1) is 24.4. The van der Waals surface area contributed by atoms with E-state index >= 15 is 0 Å². The van der Waals surface area contributed by atoms with Crippen molar-refractivity contribution in [3.05, 3.63) is 93.8 Å². The van der Waals surface area contributed by atoms with Crippen LogP contribution in [0.25, 0.3) is 11.0 Å². The number of fused-ring (bicyclic) bond motifs is 3. The summed E-state index contributed by atoms with van der Waals surface area (Å²) in [5.74, 6) is 1.61. The van der Waals surface area contributed by atoms with Crippen molar-refractivity contribution in [1.29, 1.82) is 0 Å². The molecular formula is C29H27NO7. The van der Waals surface area contributed by atoms with Gasteiger partial charge in [0.25, 0.3) is 0 Å². The number of esters is 1. The van der Waals surface area contributed by atoms with Crippen molar-refractivity contribution in [2.75, 3.05) is 27.0 Å². The second-order valence-electron chi connectivity index (χ2n) is 8.58. The topological polar surface area (TPSA) is 87.4 Å². The van der Waals surface area contributed by atoms with Gasteiger partial charge in [-0.3, -0.25) is 9.69 Å². The summed E-state index contributed by atoms with van der Waals surface area (Å²) in [6.07, 6.45) is 2.11. The SMILES string of the molecule is CCOC(=O)c1ccc(Oc2coc3c4c(ccc3c2=O)OCN(CCc2ccccc2OC)C4)cc1. The van der Waals surface area contributed by atoms with Gasteiger partial charge < -0.3 is 23.4 Å². The van der Waals surface area contributed by atoms with E-state index in [1.807, 2.05) is 18.2 Å². The Kier molecular flexibility index (Phi) is 7.09. The fourth-order valence-electron chi connectivity index (χ4n) is 4.34. The number of hydrogen-bond acceptors (Lipinski definition) is 8. The van der Waals surface area contributed by atoms with Crippen molar-refractivity contribution in [2.24, 2.45) is 0 Å². The maximum absolute atomic E-state index is 13.2. The normalized spacial score (nSPS) is 13.0. The molecule has 3 aromatic carbocycles. The molecule has 1 aliphatic rings. The van der Waals surface area contributed by atoms with Crippen LogP contribution in [0.4, 0.5) is 0 Å². The Hall–Kier alpha value is -4.30. The lowest BCUT2D eigenvalue weighted by Gasteiger charge is -2.29. The Morgan fingerprint density at radius 1 is 1.03 bits per heavy atom. The molecular weight excluding hydrogens is 474 g/mol. The zero-order chi connectivity index (χ0) is 25.8. The van der Waals surface area contributed by atoms with Crippen LogP contribution in [0.15, 0.2) is 76.1 Å². The number of benzene rings is 3. The molecule has 37 heavy (non-hydrogen) atoms. The van der Waals surface area contributed by atoms with Crippen LogP contribution in [-0.2, 0) is 17.7 Å². The number of nitrogens with zero attached hydrogens (tertiary/aromatic N) is 1. The van der Waals surface area contributed by atoms with Crippen LogP contribution in [0, 0.1) is 0 Å². The molecule has 0 saturated carbocycles. The van der Waals surface area contributed by atoms with Gasteiger partial charge in [0.05, 0.1) is 30.2 Å². The highest BCUT2D eigenvalue weighted by atomic mass is 16.5. The number of rotatable bonds is 8. The van der Waals surface area contributed by atoms with Gasteiger partial charge >= 0.3 is 5.97 Å². The minimum Gasteiger partial charge on any atom is -0.496 e. The van der Waals surface area contributed by atoms with Crippen molar-refractivity contribution in [3.8, 4) is 23.0 Å². The largest absolute Gasteiger partial charge is 0.496 e. The molecule has 5 rings (SSSR count). The monoisotopic (exact) mass is 501 g/mol. The van der Waals surface area contributed by atoms with Gasteiger partial charge in [-0.15, -0.1) is 0 Å². The first-order valence-electron chi connectivity index (χ1n) is 12.1. The molecule has 0 spiro atoms. The molecule has 4 aromatic rings. The lowest BCUT2D eigenvalue weighted by Crippen LogP contribution is -2.33. The van der Waals surface area contributed by atoms with Crippen LogP contribution < -0.4 is 19.6 Å². The molecule has 0 aliphatic carbocycles. The smallest absolute Gasteiger partial charge is 0.338 e. The van der Waals surface area contributed by atoms with E-state index in [9.17, 15) is 9.59 Å². The van der Waals surface area contributed by atoms with Crippen LogP contribution in [-0.4, -0.2) is 37.9 Å². The summed E-state index contributed by atoms with van der Waals surface area (Å²) in [5, 5.41) is 0.412. The van der Waals surface area contributed by atoms with E-state index in [0.717, 1.165) is 29.8 Å². The van der Waals surface area contributed by atoms with Crippen LogP contribution in [0.5, 0.6) is 23.0 Å². The van der Waals surface area contributed by atoms with Gasteiger partial charge in [-0.25, -0.2) is 4.79 Å². The Bertz CT molecular complexity index is 1480. The van der Waals surface area contributed by atoms with E-state index in [1.165, 1.54) is 6.26 Å². The van der Waals surface area contributed by atoms with Crippen LogP contribution in [0.3, 0.4) is 0 Å². The van der Waals surface area contributed by atoms with E-state index in [2.05, 4.69) is 11.0 Å². The van der Waals surface area contributed by atoms with Gasteiger partial charge in [-0.1, -0.05) is 18.2 Å². The zero-order valence-electron chi connectivity index (χ0n) is 20.7. The molecule has 1 aliphatic heterocycles. The summed E-state index contributed by atoms with van der Waals surface area (Å²) >= 11 is 0. The molecule has 8 nitrogen and oxygen atoms in total. The van der Waals surface area contributed by atoms with E-state index in [0.29, 0.717) is 47.9 Å². The Morgan fingerprint density at radius 2 is 1.84 bits per heavy atom. The average Bonchev–Trinajstić information content (AvgIpc) is 2.93. The van der Waals surface area contributed by atoms with Gasteiger partial charge in [0, 0.05) is 13.1 Å². The van der Waals surface area contributed by atoms with Gasteiger partial charge in [-0.05, 0) is 61.4 Å². The number of hydrogen-bond donors (Lipinski definition) is 0. The molecule has 190 valence electrons. The van der Waals surface area contributed by atoms with Gasteiger partial charge in [0.2, 0.25) is 11.2 Å². The molecule has 0 saturated heterocycles. The van der Waals surface area contributed by atoms with Crippen molar-refractivity contribution < 1.29 is 28.2 Å². The zero-order valence-corrected chi connectivity index (χ0v) is 20.7. The summed E-state index contributed by atoms with van der Waals surface area (Å²) in [7, 11) is 1.67. The van der Waals surface area contributed by atoms with Crippen LogP contribution in [0.1, 0.15) is 28.4 Å². The predicted octanol–water partition coefficient (Wildman–Crippen LogP) is 5.17. The van der Waals surface area contributed by atoms with Crippen LogP contribution >= 0.6 is 0 Å². The number of ether oxygens (including phenoxy) is 4. The summed E-state index contributed by atoms with van der Waals surface area (Å²) in [6, 6.07) is 17.8. The molecule has 1 aromatic heterocycles. The number of carbonyl (C=O) groups excluding carboxylic acids is 1. The molecule has 0 fully saturated rings. The fraction of sp³-hybridized carbons (Fsp3) is 0.241. The van der Waals surface area contributed by atoms with E-state index in [4.69, 9.17) is 23.4 Å². The molecule has 2 heterocycles. The third-order valence-electron chi connectivity index (χ3n) is 6.24. The van der Waals surface area contributed by atoms with Crippen LogP contribution in [0.2, 0.25) is 0 Å². The first-order valence-corrected chi connectivity index (χ1v) is 12.1. The van der Waals surface area contributed by atoms with Crippen molar-refractivity contribution in [2.45, 2.75) is 19.9 Å². The lowest BCUT2D eigenvalue weighted by atomic mass is 10.1. The van der Waals surface area contributed by atoms with Gasteiger partial charge in [0.15, 0.2) is 0 Å². The molecule has 0 radical (unpaired) electrons. The second-order valence-corrected chi connectivity index (χ2v) is 8.58. The molecule has 0 amide bonds. The summed E-state index contributed by atoms with van der Waals surface area (Å²) in [5.41, 5.74) is 2.55. The number of para-hydroxylation sites is 1. The Morgan fingerprint density at radius 3 is 2.62 bits per heavy atom. The van der Waals surface area contributed by atoms with Gasteiger partial charge in [-0.2, -0.15) is 0 Å². The Balaban J connectivity index is 1.34. The Labute approximate surface area is 213 Å². The molecule has 0 N–H and O–H groups in total. The second kappa shape index (κ2) is 10.8. The highest BCUT2D eigenvalue weighted by Gasteiger charge is 2.23. The van der Waals surface area contributed by atoms with E-state index in [1.54, 1.807) is 50.4 Å². The summed E-state index contributed by atoms with van der Waals surface area (Å²) in [6.45, 7) is 3.82. The third kappa shape index (κ3) is 5.15. The van der Waals surface area contributed by atoms with Crippen molar-refractivity contribution >= 4 is 16.9 Å². The highest BCUT2D eigenvalue weighted by molar-refractivity contribution is 5.89. The maximum Gasteiger partial charge on any atom is 0.338 e. The highest BCUT2D eigenvalue weighted by Crippen LogP contribution is 2.33. The lowest BCUT2D eigenvalue weighted by molar-refractivity contribution is 0.0526. The summed E-state index contributed by atoms with van der Waals surface area (Å²) in [4.78, 5) is 27.2. The number of methoxy groups -OCH3 is 1. The average molecular weight is 502 g/mol. The van der Waals surface area contributed by atoms with E-state index < -0.39 is 5.97 Å². The number of carbonyl (C=O) groups is 1. The summed E-state index contributed by atoms with van der Waals surface area (Å²) < 4.78 is 28.1. The molecule has 0 atom stereocenters. The fourth-order valence-corrected chi connectivity index (χ4v) is 4.34. The van der Waals surface area contributed by atoms with E-state index in [-0.39, 0.29) is 11.2 Å². The quantitative estimate of drug-likeness (QED) is 0.306. The third-order valence-corrected chi connectivity index (χ3v) is 6.24.